The SMILES string of the molecule is O=Cc1cccc(CC(=O)c2cc(Br)c(F)cc2O)c1. The predicted molar refractivity (Wildman–Crippen MR) is 75.6 cm³/mol. The van der Waals surface area contributed by atoms with Crippen molar-refractivity contribution in [1.82, 2.24) is 0 Å². The van der Waals surface area contributed by atoms with Gasteiger partial charge in [0.15, 0.2) is 5.78 Å². The standard InChI is InChI=1S/C15H10BrFO3/c16-12-6-11(15(20)7-13(12)17)14(19)5-9-2-1-3-10(4-9)8-18/h1-4,6-8,20H,5H2. The second-order valence-corrected chi connectivity index (χ2v) is 5.10. The van der Waals surface area contributed by atoms with Gasteiger partial charge in [0.05, 0.1) is 10.0 Å². The van der Waals surface area contributed by atoms with Crippen molar-refractivity contribution in [3.8, 4) is 5.75 Å². The summed E-state index contributed by atoms with van der Waals surface area (Å²) in [6.45, 7) is 0. The lowest BCUT2D eigenvalue weighted by Crippen LogP contribution is -2.05. The molecule has 0 aromatic heterocycles. The highest BCUT2D eigenvalue weighted by molar-refractivity contribution is 9.10. The summed E-state index contributed by atoms with van der Waals surface area (Å²) in [7, 11) is 0. The number of halogens is 2. The van der Waals surface area contributed by atoms with Crippen molar-refractivity contribution in [1.29, 1.82) is 0 Å². The van der Waals surface area contributed by atoms with Crippen LogP contribution in [0.1, 0.15) is 26.3 Å². The highest BCUT2D eigenvalue weighted by atomic mass is 79.9. The number of hydrogen-bond donors (Lipinski definition) is 1. The zero-order valence-corrected chi connectivity index (χ0v) is 11.9. The maximum Gasteiger partial charge on any atom is 0.170 e. The van der Waals surface area contributed by atoms with Crippen LogP contribution in [0, 0.1) is 5.82 Å². The molecule has 0 atom stereocenters. The van der Waals surface area contributed by atoms with Gasteiger partial charge in [-0.2, -0.15) is 0 Å². The molecule has 2 rings (SSSR count). The topological polar surface area (TPSA) is 54.4 Å². The van der Waals surface area contributed by atoms with Crippen molar-refractivity contribution in [2.45, 2.75) is 6.42 Å². The Labute approximate surface area is 123 Å². The van der Waals surface area contributed by atoms with Gasteiger partial charge in [0, 0.05) is 18.1 Å². The van der Waals surface area contributed by atoms with Crippen molar-refractivity contribution in [3.63, 3.8) is 0 Å². The summed E-state index contributed by atoms with van der Waals surface area (Å²) >= 11 is 2.97. The molecule has 0 heterocycles. The van der Waals surface area contributed by atoms with Crippen LogP contribution in [0.4, 0.5) is 4.39 Å². The number of Topliss-reactive ketones (excluding diaryl/α,β-unsaturated/α-hetero) is 1. The fourth-order valence-corrected chi connectivity index (χ4v) is 2.16. The average molecular weight is 337 g/mol. The molecule has 5 heteroatoms. The Bertz CT molecular complexity index is 683. The molecule has 0 saturated carbocycles. The van der Waals surface area contributed by atoms with Crippen LogP contribution in [0.3, 0.4) is 0 Å². The minimum atomic E-state index is -0.637. The molecule has 20 heavy (non-hydrogen) atoms. The Kier molecular flexibility index (Phi) is 4.29. The first kappa shape index (κ1) is 14.4. The van der Waals surface area contributed by atoms with Crippen LogP contribution in [-0.4, -0.2) is 17.2 Å². The Hall–Kier alpha value is -2.01. The molecule has 0 fully saturated rings. The number of ketones is 1. The van der Waals surface area contributed by atoms with Gasteiger partial charge in [-0.25, -0.2) is 4.39 Å². The van der Waals surface area contributed by atoms with Crippen molar-refractivity contribution in [3.05, 3.63) is 63.4 Å². The monoisotopic (exact) mass is 336 g/mol. The maximum absolute atomic E-state index is 13.2. The molecule has 1 N–H and O–H groups in total. The summed E-state index contributed by atoms with van der Waals surface area (Å²) in [5.41, 5.74) is 1.16. The summed E-state index contributed by atoms with van der Waals surface area (Å²) in [4.78, 5) is 22.8. The first-order valence-electron chi connectivity index (χ1n) is 5.76. The maximum atomic E-state index is 13.2. The lowest BCUT2D eigenvalue weighted by molar-refractivity contribution is 0.0989. The van der Waals surface area contributed by atoms with Gasteiger partial charge in [0.2, 0.25) is 0 Å². The third-order valence-corrected chi connectivity index (χ3v) is 3.40. The molecule has 0 radical (unpaired) electrons. The lowest BCUT2D eigenvalue weighted by Gasteiger charge is -2.06. The van der Waals surface area contributed by atoms with E-state index in [1.54, 1.807) is 24.3 Å². The quantitative estimate of drug-likeness (QED) is 0.686. The van der Waals surface area contributed by atoms with Gasteiger partial charge >= 0.3 is 0 Å². The lowest BCUT2D eigenvalue weighted by atomic mass is 10.0. The van der Waals surface area contributed by atoms with E-state index in [0.29, 0.717) is 17.4 Å². The van der Waals surface area contributed by atoms with Gasteiger partial charge < -0.3 is 5.11 Å². The van der Waals surface area contributed by atoms with E-state index < -0.39 is 11.6 Å². The zero-order chi connectivity index (χ0) is 14.7. The van der Waals surface area contributed by atoms with E-state index in [1.807, 2.05) is 0 Å². The van der Waals surface area contributed by atoms with Crippen molar-refractivity contribution < 1.29 is 19.1 Å². The van der Waals surface area contributed by atoms with Gasteiger partial charge in [-0.05, 0) is 33.6 Å². The molecule has 0 aliphatic carbocycles. The van der Waals surface area contributed by atoms with Gasteiger partial charge in [-0.3, -0.25) is 9.59 Å². The normalized spacial score (nSPS) is 10.3. The Morgan fingerprint density at radius 3 is 2.75 bits per heavy atom. The fraction of sp³-hybridized carbons (Fsp3) is 0.0667. The number of phenols is 1. The van der Waals surface area contributed by atoms with E-state index in [0.717, 1.165) is 6.07 Å². The summed E-state index contributed by atoms with van der Waals surface area (Å²) in [6.07, 6.45) is 0.716. The molecule has 0 unspecified atom stereocenters. The van der Waals surface area contributed by atoms with Crippen LogP contribution in [0.25, 0.3) is 0 Å². The number of carbonyl (C=O) groups excluding carboxylic acids is 2. The number of aldehydes is 1. The molecule has 0 bridgehead atoms. The molecule has 2 aromatic rings. The van der Waals surface area contributed by atoms with E-state index in [9.17, 15) is 19.1 Å². The minimum Gasteiger partial charge on any atom is -0.507 e. The van der Waals surface area contributed by atoms with Gasteiger partial charge in [-0.15, -0.1) is 0 Å². The molecule has 0 amide bonds. The molecule has 0 aliphatic rings. The molecular formula is C15H10BrFO3. The number of rotatable bonds is 4. The highest BCUT2D eigenvalue weighted by Crippen LogP contribution is 2.26. The molecular weight excluding hydrogens is 327 g/mol. The molecule has 0 aliphatic heterocycles. The third-order valence-electron chi connectivity index (χ3n) is 2.79. The van der Waals surface area contributed by atoms with E-state index >= 15 is 0 Å². The second-order valence-electron chi connectivity index (χ2n) is 4.25. The van der Waals surface area contributed by atoms with Crippen LogP contribution in [0.2, 0.25) is 0 Å². The number of hydrogen-bond acceptors (Lipinski definition) is 3. The largest absolute Gasteiger partial charge is 0.507 e. The Morgan fingerprint density at radius 2 is 2.05 bits per heavy atom. The number of benzene rings is 2. The van der Waals surface area contributed by atoms with Gasteiger partial charge in [-0.1, -0.05) is 18.2 Å². The van der Waals surface area contributed by atoms with Crippen LogP contribution in [0.5, 0.6) is 5.75 Å². The summed E-state index contributed by atoms with van der Waals surface area (Å²) in [5.74, 6) is -1.39. The molecule has 2 aromatic carbocycles. The van der Waals surface area contributed by atoms with E-state index in [1.165, 1.54) is 6.07 Å². The summed E-state index contributed by atoms with van der Waals surface area (Å²) in [6, 6.07) is 8.75. The summed E-state index contributed by atoms with van der Waals surface area (Å²) < 4.78 is 13.3. The average Bonchev–Trinajstić information content (AvgIpc) is 2.43. The van der Waals surface area contributed by atoms with Crippen LogP contribution < -0.4 is 0 Å². The van der Waals surface area contributed by atoms with Gasteiger partial charge in [0.1, 0.15) is 17.9 Å². The molecule has 102 valence electrons. The highest BCUT2D eigenvalue weighted by Gasteiger charge is 2.15. The number of carbonyl (C=O) groups is 2. The predicted octanol–water partition coefficient (Wildman–Crippen LogP) is 3.53. The zero-order valence-electron chi connectivity index (χ0n) is 10.3. The van der Waals surface area contributed by atoms with Crippen molar-refractivity contribution in [2.24, 2.45) is 0 Å². The first-order chi connectivity index (χ1) is 9.51. The van der Waals surface area contributed by atoms with Crippen molar-refractivity contribution in [2.75, 3.05) is 0 Å². The first-order valence-corrected chi connectivity index (χ1v) is 6.56. The van der Waals surface area contributed by atoms with E-state index in [-0.39, 0.29) is 22.2 Å². The number of aromatic hydroxyl groups is 1. The Morgan fingerprint density at radius 1 is 1.30 bits per heavy atom. The molecule has 0 saturated heterocycles. The second kappa shape index (κ2) is 5.96. The van der Waals surface area contributed by atoms with E-state index in [2.05, 4.69) is 15.9 Å². The van der Waals surface area contributed by atoms with Gasteiger partial charge in [0.25, 0.3) is 0 Å². The molecule has 3 nitrogen and oxygen atoms in total. The summed E-state index contributed by atoms with van der Waals surface area (Å²) in [5, 5.41) is 9.63. The van der Waals surface area contributed by atoms with Crippen LogP contribution in [0.15, 0.2) is 40.9 Å². The smallest absolute Gasteiger partial charge is 0.170 e. The molecule has 0 spiro atoms. The van der Waals surface area contributed by atoms with Crippen molar-refractivity contribution >= 4 is 28.0 Å². The fourth-order valence-electron chi connectivity index (χ4n) is 1.82. The number of phenolic OH excluding ortho intramolecular Hbond substituents is 1. The van der Waals surface area contributed by atoms with Crippen LogP contribution >= 0.6 is 15.9 Å². The minimum absolute atomic E-state index is 0.0211. The van der Waals surface area contributed by atoms with Crippen LogP contribution in [-0.2, 0) is 6.42 Å². The van der Waals surface area contributed by atoms with E-state index in [4.69, 9.17) is 0 Å². The third kappa shape index (κ3) is 3.11. The Balaban J connectivity index is 2.28.